The largest absolute Gasteiger partial charge is 0.391 e. The van der Waals surface area contributed by atoms with E-state index in [4.69, 9.17) is 23.2 Å². The van der Waals surface area contributed by atoms with Gasteiger partial charge in [-0.1, -0.05) is 36.2 Å². The monoisotopic (exact) mass is 315 g/mol. The number of benzene rings is 1. The third kappa shape index (κ3) is 3.14. The standard InChI is InChI=1S/C16H23Cl2NO/c1-3-16(2,19-9-4-5-10-19)15(20)11-12-13(17)7-6-8-14(12)18/h6-8,15,20H,3-5,9-11H2,1-2H3. The second kappa shape index (κ2) is 6.65. The fourth-order valence-corrected chi connectivity index (χ4v) is 3.59. The zero-order valence-electron chi connectivity index (χ0n) is 12.2. The molecule has 1 aliphatic rings. The highest BCUT2D eigenvalue weighted by molar-refractivity contribution is 6.36. The molecule has 0 bridgehead atoms. The van der Waals surface area contributed by atoms with E-state index in [2.05, 4.69) is 18.7 Å². The first-order valence-corrected chi connectivity index (χ1v) is 8.10. The third-order valence-corrected chi connectivity index (χ3v) is 5.43. The van der Waals surface area contributed by atoms with Crippen molar-refractivity contribution < 1.29 is 5.11 Å². The summed E-state index contributed by atoms with van der Waals surface area (Å²) in [6, 6.07) is 5.49. The lowest BCUT2D eigenvalue weighted by Crippen LogP contribution is -2.53. The summed E-state index contributed by atoms with van der Waals surface area (Å²) in [6.45, 7) is 6.42. The van der Waals surface area contributed by atoms with Crippen molar-refractivity contribution in [3.05, 3.63) is 33.8 Å². The number of aliphatic hydroxyl groups is 1. The van der Waals surface area contributed by atoms with Crippen LogP contribution >= 0.6 is 23.2 Å². The summed E-state index contributed by atoms with van der Waals surface area (Å²) in [5.74, 6) is 0. The number of aliphatic hydroxyl groups excluding tert-OH is 1. The predicted molar refractivity (Wildman–Crippen MR) is 85.7 cm³/mol. The van der Waals surface area contributed by atoms with Gasteiger partial charge in [0.15, 0.2) is 0 Å². The Morgan fingerprint density at radius 3 is 2.30 bits per heavy atom. The molecule has 0 saturated carbocycles. The highest BCUT2D eigenvalue weighted by Gasteiger charge is 2.38. The van der Waals surface area contributed by atoms with E-state index in [0.717, 1.165) is 25.1 Å². The molecule has 0 radical (unpaired) electrons. The summed E-state index contributed by atoms with van der Waals surface area (Å²) in [5.41, 5.74) is 0.640. The van der Waals surface area contributed by atoms with Crippen molar-refractivity contribution in [1.29, 1.82) is 0 Å². The quantitative estimate of drug-likeness (QED) is 0.881. The molecule has 2 nitrogen and oxygen atoms in total. The molecule has 20 heavy (non-hydrogen) atoms. The molecule has 0 aliphatic carbocycles. The number of nitrogens with zero attached hydrogens (tertiary/aromatic N) is 1. The van der Waals surface area contributed by atoms with E-state index < -0.39 is 6.10 Å². The van der Waals surface area contributed by atoms with E-state index in [1.165, 1.54) is 12.8 Å². The molecule has 2 unspecified atom stereocenters. The first-order valence-electron chi connectivity index (χ1n) is 7.35. The SMILES string of the molecule is CCC(C)(C(O)Cc1c(Cl)cccc1Cl)N1CCCC1. The van der Waals surface area contributed by atoms with E-state index in [9.17, 15) is 5.11 Å². The summed E-state index contributed by atoms with van der Waals surface area (Å²) in [7, 11) is 0. The highest BCUT2D eigenvalue weighted by Crippen LogP contribution is 2.33. The number of hydrogen-bond acceptors (Lipinski definition) is 2. The van der Waals surface area contributed by atoms with Crippen molar-refractivity contribution >= 4 is 23.2 Å². The summed E-state index contributed by atoms with van der Waals surface area (Å²) < 4.78 is 0. The first-order chi connectivity index (χ1) is 9.49. The molecule has 1 aliphatic heterocycles. The summed E-state index contributed by atoms with van der Waals surface area (Å²) in [5, 5.41) is 12.0. The topological polar surface area (TPSA) is 23.5 Å². The predicted octanol–water partition coefficient (Wildman–Crippen LogP) is 4.16. The smallest absolute Gasteiger partial charge is 0.0762 e. The maximum Gasteiger partial charge on any atom is 0.0762 e. The van der Waals surface area contributed by atoms with Gasteiger partial charge in [0.05, 0.1) is 6.10 Å². The molecule has 2 rings (SSSR count). The summed E-state index contributed by atoms with van der Waals surface area (Å²) in [4.78, 5) is 2.41. The lowest BCUT2D eigenvalue weighted by Gasteiger charge is -2.42. The van der Waals surface area contributed by atoms with Gasteiger partial charge in [-0.25, -0.2) is 0 Å². The van der Waals surface area contributed by atoms with Crippen LogP contribution in [0.15, 0.2) is 18.2 Å². The normalized spacial score (nSPS) is 20.9. The van der Waals surface area contributed by atoms with E-state index in [0.29, 0.717) is 16.5 Å². The van der Waals surface area contributed by atoms with Crippen molar-refractivity contribution in [2.75, 3.05) is 13.1 Å². The van der Waals surface area contributed by atoms with Crippen LogP contribution < -0.4 is 0 Å². The van der Waals surface area contributed by atoms with Gasteiger partial charge in [-0.2, -0.15) is 0 Å². The zero-order chi connectivity index (χ0) is 14.8. The van der Waals surface area contributed by atoms with Gasteiger partial charge < -0.3 is 5.11 Å². The third-order valence-electron chi connectivity index (χ3n) is 4.72. The summed E-state index contributed by atoms with van der Waals surface area (Å²) >= 11 is 12.4. The molecule has 0 spiro atoms. The van der Waals surface area contributed by atoms with Crippen LogP contribution in [-0.2, 0) is 6.42 Å². The number of likely N-dealkylation sites (tertiary alicyclic amines) is 1. The van der Waals surface area contributed by atoms with Gasteiger partial charge in [-0.3, -0.25) is 4.90 Å². The average Bonchev–Trinajstić information content (AvgIpc) is 2.96. The first kappa shape index (κ1) is 16.1. The van der Waals surface area contributed by atoms with E-state index in [-0.39, 0.29) is 5.54 Å². The van der Waals surface area contributed by atoms with E-state index >= 15 is 0 Å². The van der Waals surface area contributed by atoms with Crippen molar-refractivity contribution in [2.24, 2.45) is 0 Å². The second-order valence-corrected chi connectivity index (χ2v) is 6.64. The molecule has 1 fully saturated rings. The molecule has 112 valence electrons. The minimum atomic E-state index is -0.469. The Bertz CT molecular complexity index is 440. The second-order valence-electron chi connectivity index (χ2n) is 5.83. The van der Waals surface area contributed by atoms with Crippen LogP contribution in [0.2, 0.25) is 10.0 Å². The fraction of sp³-hybridized carbons (Fsp3) is 0.625. The van der Waals surface area contributed by atoms with Crippen LogP contribution in [-0.4, -0.2) is 34.7 Å². The Labute approximate surface area is 131 Å². The van der Waals surface area contributed by atoms with Gasteiger partial charge in [0.25, 0.3) is 0 Å². The van der Waals surface area contributed by atoms with Crippen LogP contribution in [0.4, 0.5) is 0 Å². The number of rotatable bonds is 5. The van der Waals surface area contributed by atoms with Gasteiger partial charge in [0.1, 0.15) is 0 Å². The summed E-state index contributed by atoms with van der Waals surface area (Å²) in [6.07, 6.45) is 3.38. The highest BCUT2D eigenvalue weighted by atomic mass is 35.5. The maximum atomic E-state index is 10.8. The fourth-order valence-electron chi connectivity index (χ4n) is 3.04. The molecule has 0 amide bonds. The molecular formula is C16H23Cl2NO. The maximum absolute atomic E-state index is 10.8. The Kier molecular flexibility index (Phi) is 5.36. The lowest BCUT2D eigenvalue weighted by molar-refractivity contribution is -0.0117. The minimum Gasteiger partial charge on any atom is -0.391 e. The Hall–Kier alpha value is -0.280. The zero-order valence-corrected chi connectivity index (χ0v) is 13.7. The molecule has 2 atom stereocenters. The van der Waals surface area contributed by atoms with Crippen LogP contribution in [0.5, 0.6) is 0 Å². The molecule has 1 aromatic rings. The molecule has 1 N–H and O–H groups in total. The molecule has 4 heteroatoms. The lowest BCUT2D eigenvalue weighted by atomic mass is 9.86. The van der Waals surface area contributed by atoms with Crippen LogP contribution in [0.25, 0.3) is 0 Å². The molecule has 0 aromatic heterocycles. The van der Waals surface area contributed by atoms with E-state index in [1.54, 1.807) is 0 Å². The Balaban J connectivity index is 2.19. The minimum absolute atomic E-state index is 0.209. The molecule has 1 aromatic carbocycles. The Morgan fingerprint density at radius 2 is 1.80 bits per heavy atom. The Morgan fingerprint density at radius 1 is 1.25 bits per heavy atom. The molecular weight excluding hydrogens is 293 g/mol. The number of halogens is 2. The van der Waals surface area contributed by atoms with Crippen molar-refractivity contribution in [3.8, 4) is 0 Å². The van der Waals surface area contributed by atoms with Crippen LogP contribution in [0.3, 0.4) is 0 Å². The van der Waals surface area contributed by atoms with Crippen molar-refractivity contribution in [2.45, 2.75) is 51.2 Å². The molecule has 1 saturated heterocycles. The van der Waals surface area contributed by atoms with Gasteiger partial charge in [0, 0.05) is 22.0 Å². The van der Waals surface area contributed by atoms with Crippen molar-refractivity contribution in [1.82, 2.24) is 4.90 Å². The van der Waals surface area contributed by atoms with E-state index in [1.807, 2.05) is 18.2 Å². The van der Waals surface area contributed by atoms with Gasteiger partial charge in [-0.05, 0) is 57.0 Å². The molecule has 1 heterocycles. The van der Waals surface area contributed by atoms with Gasteiger partial charge in [-0.15, -0.1) is 0 Å². The van der Waals surface area contributed by atoms with Gasteiger partial charge in [0.2, 0.25) is 0 Å². The van der Waals surface area contributed by atoms with Crippen LogP contribution in [0, 0.1) is 0 Å². The number of hydrogen-bond donors (Lipinski definition) is 1. The van der Waals surface area contributed by atoms with Gasteiger partial charge >= 0.3 is 0 Å². The van der Waals surface area contributed by atoms with Crippen molar-refractivity contribution in [3.63, 3.8) is 0 Å². The average molecular weight is 316 g/mol. The van der Waals surface area contributed by atoms with Crippen LogP contribution in [0.1, 0.15) is 38.7 Å².